The van der Waals surface area contributed by atoms with Gasteiger partial charge in [-0.05, 0) is 37.8 Å². The van der Waals surface area contributed by atoms with Crippen LogP contribution in [0, 0.1) is 0 Å². The Labute approximate surface area is 142 Å². The highest BCUT2D eigenvalue weighted by Crippen LogP contribution is 2.28. The predicted octanol–water partition coefficient (Wildman–Crippen LogP) is 2.48. The summed E-state index contributed by atoms with van der Waals surface area (Å²) >= 11 is 1.25. The minimum absolute atomic E-state index is 0.124. The molecule has 128 valence electrons. The summed E-state index contributed by atoms with van der Waals surface area (Å²) in [5.74, 6) is 0.124. The van der Waals surface area contributed by atoms with E-state index in [1.165, 1.54) is 24.2 Å². The lowest BCUT2D eigenvalue weighted by atomic mass is 10.2. The number of hydrogen-bond donors (Lipinski definition) is 0. The molecule has 0 unspecified atom stereocenters. The maximum atomic E-state index is 12.5. The van der Waals surface area contributed by atoms with Crippen LogP contribution in [0.25, 0.3) is 0 Å². The Morgan fingerprint density at radius 2 is 1.57 bits per heavy atom. The van der Waals surface area contributed by atoms with Gasteiger partial charge in [0, 0.05) is 31.1 Å². The Balaban J connectivity index is 1.65. The van der Waals surface area contributed by atoms with Crippen LogP contribution in [0.1, 0.15) is 43.4 Å². The Bertz CT molecular complexity index is 640. The first-order valence-corrected chi connectivity index (χ1v) is 10.7. The van der Waals surface area contributed by atoms with Crippen LogP contribution in [-0.2, 0) is 21.2 Å². The van der Waals surface area contributed by atoms with Crippen LogP contribution in [0.15, 0.2) is 16.3 Å². The van der Waals surface area contributed by atoms with E-state index >= 15 is 0 Å². The van der Waals surface area contributed by atoms with Crippen LogP contribution in [0.2, 0.25) is 0 Å². The van der Waals surface area contributed by atoms with Crippen LogP contribution in [0.3, 0.4) is 0 Å². The van der Waals surface area contributed by atoms with Crippen molar-refractivity contribution < 1.29 is 13.2 Å². The van der Waals surface area contributed by atoms with Crippen molar-refractivity contribution in [1.29, 1.82) is 0 Å². The molecule has 2 saturated heterocycles. The molecule has 0 radical (unpaired) electrons. The van der Waals surface area contributed by atoms with Crippen molar-refractivity contribution in [2.24, 2.45) is 0 Å². The number of likely N-dealkylation sites (tertiary alicyclic amines) is 1. The van der Waals surface area contributed by atoms with E-state index < -0.39 is 10.0 Å². The highest BCUT2D eigenvalue weighted by atomic mass is 32.2. The lowest BCUT2D eigenvalue weighted by Gasteiger charge is -2.19. The molecule has 0 saturated carbocycles. The van der Waals surface area contributed by atoms with Gasteiger partial charge in [0.15, 0.2) is 0 Å². The fraction of sp³-hybridized carbons (Fsp3) is 0.688. The molecule has 2 aliphatic heterocycles. The fourth-order valence-electron chi connectivity index (χ4n) is 3.23. The van der Waals surface area contributed by atoms with E-state index in [1.54, 1.807) is 16.4 Å². The van der Waals surface area contributed by atoms with E-state index in [4.69, 9.17) is 0 Å². The summed E-state index contributed by atoms with van der Waals surface area (Å²) in [5, 5.41) is 0. The average molecular weight is 357 g/mol. The molecule has 2 fully saturated rings. The molecule has 1 aromatic heterocycles. The lowest BCUT2D eigenvalue weighted by Crippen LogP contribution is -2.32. The molecule has 0 spiro atoms. The number of nitrogens with zero attached hydrogens (tertiary/aromatic N) is 2. The third-order valence-electron chi connectivity index (χ3n) is 4.58. The highest BCUT2D eigenvalue weighted by molar-refractivity contribution is 7.91. The Morgan fingerprint density at radius 3 is 2.22 bits per heavy atom. The summed E-state index contributed by atoms with van der Waals surface area (Å²) in [5.41, 5.74) is 0. The predicted molar refractivity (Wildman–Crippen MR) is 91.1 cm³/mol. The molecule has 0 bridgehead atoms. The second-order valence-corrected chi connectivity index (χ2v) is 9.64. The van der Waals surface area contributed by atoms with Crippen molar-refractivity contribution in [3.63, 3.8) is 0 Å². The number of carbonyl (C=O) groups excluding carboxylic acids is 1. The van der Waals surface area contributed by atoms with E-state index in [-0.39, 0.29) is 5.91 Å². The molecular formula is C16H24N2O3S2. The fourth-order valence-corrected chi connectivity index (χ4v) is 6.25. The molecule has 5 nitrogen and oxygen atoms in total. The van der Waals surface area contributed by atoms with E-state index in [2.05, 4.69) is 0 Å². The van der Waals surface area contributed by atoms with Gasteiger partial charge in [0.05, 0.1) is 6.42 Å². The normalized spacial score (nSPS) is 20.6. The topological polar surface area (TPSA) is 57.7 Å². The summed E-state index contributed by atoms with van der Waals surface area (Å²) < 4.78 is 27.0. The van der Waals surface area contributed by atoms with Crippen LogP contribution in [-0.4, -0.2) is 49.7 Å². The van der Waals surface area contributed by atoms with Crippen LogP contribution < -0.4 is 0 Å². The third kappa shape index (κ3) is 3.95. The largest absolute Gasteiger partial charge is 0.342 e. The van der Waals surface area contributed by atoms with Crippen LogP contribution >= 0.6 is 11.3 Å². The van der Waals surface area contributed by atoms with Crippen LogP contribution in [0.5, 0.6) is 0 Å². The zero-order valence-electron chi connectivity index (χ0n) is 13.4. The van der Waals surface area contributed by atoms with E-state index in [0.29, 0.717) is 23.7 Å². The molecule has 0 aromatic carbocycles. The second kappa shape index (κ2) is 7.32. The summed E-state index contributed by atoms with van der Waals surface area (Å²) in [4.78, 5) is 15.2. The zero-order valence-corrected chi connectivity index (χ0v) is 15.0. The van der Waals surface area contributed by atoms with Gasteiger partial charge >= 0.3 is 0 Å². The number of thiophene rings is 1. The maximum Gasteiger partial charge on any atom is 0.252 e. The van der Waals surface area contributed by atoms with Gasteiger partial charge in [-0.2, -0.15) is 4.31 Å². The SMILES string of the molecule is O=C(Cc1ccc(S(=O)(=O)N2CCCC2)s1)N1CCCCCC1. The molecular weight excluding hydrogens is 332 g/mol. The van der Waals surface area contributed by atoms with E-state index in [1.807, 2.05) is 4.90 Å². The van der Waals surface area contributed by atoms with Crippen LogP contribution in [0.4, 0.5) is 0 Å². The number of hydrogen-bond acceptors (Lipinski definition) is 4. The number of sulfonamides is 1. The molecule has 2 aliphatic rings. The zero-order chi connectivity index (χ0) is 16.3. The Morgan fingerprint density at radius 1 is 0.957 bits per heavy atom. The summed E-state index contributed by atoms with van der Waals surface area (Å²) in [6.07, 6.45) is 6.73. The number of carbonyl (C=O) groups is 1. The third-order valence-corrected chi connectivity index (χ3v) is 8.03. The lowest BCUT2D eigenvalue weighted by molar-refractivity contribution is -0.130. The summed E-state index contributed by atoms with van der Waals surface area (Å²) in [6, 6.07) is 3.45. The van der Waals surface area contributed by atoms with Crippen molar-refractivity contribution in [1.82, 2.24) is 9.21 Å². The summed E-state index contributed by atoms with van der Waals surface area (Å²) in [6.45, 7) is 2.90. The molecule has 0 atom stereocenters. The summed E-state index contributed by atoms with van der Waals surface area (Å²) in [7, 11) is -3.36. The number of amides is 1. The maximum absolute atomic E-state index is 12.5. The van der Waals surface area contributed by atoms with Crippen molar-refractivity contribution in [3.05, 3.63) is 17.0 Å². The standard InChI is InChI=1S/C16H24N2O3S2/c19-15(17-9-3-1-2-4-10-17)13-14-7-8-16(22-14)23(20,21)18-11-5-6-12-18/h7-8H,1-6,9-13H2. The first-order valence-electron chi connectivity index (χ1n) is 8.44. The van der Waals surface area contributed by atoms with Gasteiger partial charge in [0.1, 0.15) is 4.21 Å². The second-order valence-electron chi connectivity index (χ2n) is 6.30. The Kier molecular flexibility index (Phi) is 5.38. The molecule has 3 rings (SSSR count). The number of rotatable bonds is 4. The minimum Gasteiger partial charge on any atom is -0.342 e. The quantitative estimate of drug-likeness (QED) is 0.833. The van der Waals surface area contributed by atoms with Gasteiger partial charge in [-0.15, -0.1) is 11.3 Å². The molecule has 0 aliphatic carbocycles. The molecule has 1 aromatic rings. The van der Waals surface area contributed by atoms with Gasteiger partial charge in [-0.1, -0.05) is 12.8 Å². The first-order chi connectivity index (χ1) is 11.1. The average Bonchev–Trinajstić information content (AvgIpc) is 3.15. The Hall–Kier alpha value is -0.920. The van der Waals surface area contributed by atoms with Gasteiger partial charge in [-0.3, -0.25) is 4.79 Å². The van der Waals surface area contributed by atoms with E-state index in [0.717, 1.165) is 43.6 Å². The molecule has 0 N–H and O–H groups in total. The van der Waals surface area contributed by atoms with Gasteiger partial charge in [-0.25, -0.2) is 8.42 Å². The van der Waals surface area contributed by atoms with Crippen molar-refractivity contribution >= 4 is 27.3 Å². The van der Waals surface area contributed by atoms with Crippen molar-refractivity contribution in [2.75, 3.05) is 26.2 Å². The van der Waals surface area contributed by atoms with E-state index in [9.17, 15) is 13.2 Å². The van der Waals surface area contributed by atoms with Gasteiger partial charge < -0.3 is 4.90 Å². The van der Waals surface area contributed by atoms with Gasteiger partial charge in [0.2, 0.25) is 5.91 Å². The molecule has 7 heteroatoms. The smallest absolute Gasteiger partial charge is 0.252 e. The van der Waals surface area contributed by atoms with Crippen molar-refractivity contribution in [2.45, 2.75) is 49.2 Å². The monoisotopic (exact) mass is 356 g/mol. The van der Waals surface area contributed by atoms with Crippen molar-refractivity contribution in [3.8, 4) is 0 Å². The molecule has 23 heavy (non-hydrogen) atoms. The molecule has 3 heterocycles. The minimum atomic E-state index is -3.36. The molecule has 1 amide bonds. The first kappa shape index (κ1) is 16.9. The van der Waals surface area contributed by atoms with Gasteiger partial charge in [0.25, 0.3) is 10.0 Å². The highest BCUT2D eigenvalue weighted by Gasteiger charge is 2.28.